The molecule has 0 saturated carbocycles. The summed E-state index contributed by atoms with van der Waals surface area (Å²) in [5, 5.41) is 20.4. The quantitative estimate of drug-likeness (QED) is 0.710. The Kier molecular flexibility index (Phi) is 3.36. The monoisotopic (exact) mass is 249 g/mol. The zero-order valence-electron chi connectivity index (χ0n) is 10.2. The molecule has 96 valence electrons. The fourth-order valence-electron chi connectivity index (χ4n) is 1.92. The number of aliphatic hydroxyl groups excluding tert-OH is 2. The molecule has 3 N–H and O–H groups in total. The summed E-state index contributed by atoms with van der Waals surface area (Å²) in [5.41, 5.74) is 2.35. The average molecular weight is 249 g/mol. The summed E-state index contributed by atoms with van der Waals surface area (Å²) in [6.07, 6.45) is -1.32. The molecule has 18 heavy (non-hydrogen) atoms. The molecule has 0 radical (unpaired) electrons. The first kappa shape index (κ1) is 12.6. The Morgan fingerprint density at radius 3 is 2.78 bits per heavy atom. The van der Waals surface area contributed by atoms with Crippen molar-refractivity contribution in [1.29, 1.82) is 0 Å². The number of esters is 1. The standard InChI is InChI=1S/C13H15NO4/c1-7-3-4-10-8(5-7)9(6-14-10)11(15)12(16)13(17)18-2/h3-6,11-12,14-16H,1-2H3. The predicted molar refractivity (Wildman–Crippen MR) is 66.0 cm³/mol. The minimum absolute atomic E-state index is 0.478. The van der Waals surface area contributed by atoms with Crippen LogP contribution in [-0.4, -0.2) is 34.4 Å². The van der Waals surface area contributed by atoms with Crippen LogP contribution in [0.25, 0.3) is 10.9 Å². The van der Waals surface area contributed by atoms with Crippen LogP contribution >= 0.6 is 0 Å². The van der Waals surface area contributed by atoms with Gasteiger partial charge in [0.05, 0.1) is 7.11 Å². The second-order valence-electron chi connectivity index (χ2n) is 4.21. The minimum Gasteiger partial charge on any atom is -0.467 e. The van der Waals surface area contributed by atoms with Crippen molar-refractivity contribution in [1.82, 2.24) is 4.98 Å². The number of aliphatic hydroxyl groups is 2. The third kappa shape index (κ3) is 2.10. The largest absolute Gasteiger partial charge is 0.467 e. The van der Waals surface area contributed by atoms with Gasteiger partial charge in [0.15, 0.2) is 6.10 Å². The topological polar surface area (TPSA) is 82.6 Å². The van der Waals surface area contributed by atoms with Crippen LogP contribution in [0.15, 0.2) is 24.4 Å². The molecular weight excluding hydrogens is 234 g/mol. The first-order chi connectivity index (χ1) is 8.54. The van der Waals surface area contributed by atoms with E-state index in [1.54, 1.807) is 6.20 Å². The molecule has 0 amide bonds. The lowest BCUT2D eigenvalue weighted by Gasteiger charge is -2.15. The molecule has 0 aliphatic rings. The summed E-state index contributed by atoms with van der Waals surface area (Å²) in [6.45, 7) is 1.93. The van der Waals surface area contributed by atoms with Crippen molar-refractivity contribution in [3.63, 3.8) is 0 Å². The highest BCUT2D eigenvalue weighted by Crippen LogP contribution is 2.27. The van der Waals surface area contributed by atoms with Crippen molar-refractivity contribution in [2.24, 2.45) is 0 Å². The van der Waals surface area contributed by atoms with Gasteiger partial charge in [-0.15, -0.1) is 0 Å². The number of ether oxygens (including phenoxy) is 1. The van der Waals surface area contributed by atoms with E-state index in [9.17, 15) is 15.0 Å². The van der Waals surface area contributed by atoms with Crippen molar-refractivity contribution >= 4 is 16.9 Å². The van der Waals surface area contributed by atoms with Gasteiger partial charge in [0.25, 0.3) is 0 Å². The van der Waals surface area contributed by atoms with E-state index in [1.807, 2.05) is 25.1 Å². The molecule has 0 aliphatic carbocycles. The maximum absolute atomic E-state index is 11.2. The Labute approximate surface area is 104 Å². The normalized spacial score (nSPS) is 14.4. The molecule has 2 unspecified atom stereocenters. The van der Waals surface area contributed by atoms with E-state index in [1.165, 1.54) is 0 Å². The molecule has 2 aromatic rings. The highest BCUT2D eigenvalue weighted by molar-refractivity contribution is 5.85. The SMILES string of the molecule is COC(=O)C(O)C(O)c1c[nH]c2ccc(C)cc12. The van der Waals surface area contributed by atoms with Gasteiger partial charge in [0.2, 0.25) is 0 Å². The molecule has 1 aromatic heterocycles. The number of carbonyl (C=O) groups excluding carboxylic acids is 1. The Bertz CT molecular complexity index is 575. The number of benzene rings is 1. The van der Waals surface area contributed by atoms with E-state index in [0.717, 1.165) is 23.6 Å². The van der Waals surface area contributed by atoms with Crippen LogP contribution in [0, 0.1) is 6.92 Å². The number of rotatable bonds is 3. The molecule has 1 heterocycles. The zero-order chi connectivity index (χ0) is 13.3. The van der Waals surface area contributed by atoms with Crippen molar-refractivity contribution in [2.45, 2.75) is 19.1 Å². The van der Waals surface area contributed by atoms with Crippen molar-refractivity contribution < 1.29 is 19.7 Å². The number of carbonyl (C=O) groups is 1. The molecule has 0 fully saturated rings. The highest BCUT2D eigenvalue weighted by Gasteiger charge is 2.28. The fraction of sp³-hybridized carbons (Fsp3) is 0.308. The van der Waals surface area contributed by atoms with Crippen LogP contribution in [0.1, 0.15) is 17.2 Å². The van der Waals surface area contributed by atoms with E-state index in [0.29, 0.717) is 5.56 Å². The van der Waals surface area contributed by atoms with Gasteiger partial charge in [-0.2, -0.15) is 0 Å². The molecule has 5 heteroatoms. The van der Waals surface area contributed by atoms with Gasteiger partial charge in [-0.1, -0.05) is 11.6 Å². The number of fused-ring (bicyclic) bond motifs is 1. The van der Waals surface area contributed by atoms with E-state index in [-0.39, 0.29) is 0 Å². The minimum atomic E-state index is -1.59. The number of aromatic nitrogens is 1. The molecule has 2 atom stereocenters. The average Bonchev–Trinajstić information content (AvgIpc) is 2.78. The lowest BCUT2D eigenvalue weighted by Crippen LogP contribution is -2.28. The Morgan fingerprint density at radius 1 is 1.39 bits per heavy atom. The summed E-state index contributed by atoms with van der Waals surface area (Å²) in [6, 6.07) is 5.70. The summed E-state index contributed by atoms with van der Waals surface area (Å²) in [5.74, 6) is -0.857. The first-order valence-electron chi connectivity index (χ1n) is 5.56. The lowest BCUT2D eigenvalue weighted by atomic mass is 10.0. The molecule has 5 nitrogen and oxygen atoms in total. The number of H-pyrrole nitrogens is 1. The van der Waals surface area contributed by atoms with Crippen LogP contribution in [0.4, 0.5) is 0 Å². The molecule has 2 rings (SSSR count). The van der Waals surface area contributed by atoms with Crippen LogP contribution in [0.3, 0.4) is 0 Å². The van der Waals surface area contributed by atoms with Crippen molar-refractivity contribution in [3.05, 3.63) is 35.5 Å². The Balaban J connectivity index is 2.41. The van der Waals surface area contributed by atoms with Gasteiger partial charge in [-0.05, 0) is 19.1 Å². The molecule has 0 bridgehead atoms. The number of aryl methyl sites for hydroxylation is 1. The van der Waals surface area contributed by atoms with Crippen LogP contribution in [0.2, 0.25) is 0 Å². The summed E-state index contributed by atoms with van der Waals surface area (Å²) >= 11 is 0. The Morgan fingerprint density at radius 2 is 2.11 bits per heavy atom. The van der Waals surface area contributed by atoms with Crippen molar-refractivity contribution in [3.8, 4) is 0 Å². The number of methoxy groups -OCH3 is 1. The Hall–Kier alpha value is -1.85. The number of hydrogen-bond donors (Lipinski definition) is 3. The third-order valence-electron chi connectivity index (χ3n) is 2.93. The maximum Gasteiger partial charge on any atom is 0.337 e. The third-order valence-corrected chi connectivity index (χ3v) is 2.93. The van der Waals surface area contributed by atoms with Gasteiger partial charge < -0.3 is 19.9 Å². The van der Waals surface area contributed by atoms with E-state index in [2.05, 4.69) is 9.72 Å². The van der Waals surface area contributed by atoms with E-state index >= 15 is 0 Å². The highest BCUT2D eigenvalue weighted by atomic mass is 16.5. The van der Waals surface area contributed by atoms with Crippen LogP contribution < -0.4 is 0 Å². The van der Waals surface area contributed by atoms with Crippen LogP contribution in [-0.2, 0) is 9.53 Å². The van der Waals surface area contributed by atoms with Crippen LogP contribution in [0.5, 0.6) is 0 Å². The van der Waals surface area contributed by atoms with Gasteiger partial charge >= 0.3 is 5.97 Å². The molecule has 1 aromatic carbocycles. The molecule has 0 spiro atoms. The molecular formula is C13H15NO4. The number of hydrogen-bond acceptors (Lipinski definition) is 4. The van der Waals surface area contributed by atoms with E-state index < -0.39 is 18.2 Å². The first-order valence-corrected chi connectivity index (χ1v) is 5.56. The van der Waals surface area contributed by atoms with Gasteiger partial charge in [0.1, 0.15) is 6.10 Å². The molecule has 0 saturated heterocycles. The number of aromatic amines is 1. The smallest absolute Gasteiger partial charge is 0.337 e. The number of nitrogens with one attached hydrogen (secondary N) is 1. The maximum atomic E-state index is 11.2. The molecule has 0 aliphatic heterocycles. The predicted octanol–water partition coefficient (Wildman–Crippen LogP) is 1.04. The zero-order valence-corrected chi connectivity index (χ0v) is 10.2. The fourth-order valence-corrected chi connectivity index (χ4v) is 1.92. The summed E-state index contributed by atoms with van der Waals surface area (Å²) in [7, 11) is 1.16. The second kappa shape index (κ2) is 4.80. The lowest BCUT2D eigenvalue weighted by molar-refractivity contribution is -0.156. The summed E-state index contributed by atoms with van der Waals surface area (Å²) < 4.78 is 4.41. The van der Waals surface area contributed by atoms with Crippen molar-refractivity contribution in [2.75, 3.05) is 7.11 Å². The van der Waals surface area contributed by atoms with Gasteiger partial charge in [-0.3, -0.25) is 0 Å². The van der Waals surface area contributed by atoms with E-state index in [4.69, 9.17) is 0 Å². The van der Waals surface area contributed by atoms with Gasteiger partial charge in [0, 0.05) is 22.7 Å². The van der Waals surface area contributed by atoms with Gasteiger partial charge in [-0.25, -0.2) is 4.79 Å². The second-order valence-corrected chi connectivity index (χ2v) is 4.21. The summed E-state index contributed by atoms with van der Waals surface area (Å²) in [4.78, 5) is 14.2.